The van der Waals surface area contributed by atoms with Gasteiger partial charge in [0.2, 0.25) is 5.91 Å². The zero-order valence-corrected chi connectivity index (χ0v) is 9.32. The van der Waals surface area contributed by atoms with Crippen molar-refractivity contribution >= 4 is 5.91 Å². The first-order valence-electron chi connectivity index (χ1n) is 5.23. The van der Waals surface area contributed by atoms with Crippen LogP contribution >= 0.6 is 0 Å². The molecule has 0 N–H and O–H groups in total. The Hall–Kier alpha value is -0.610. The standard InChI is InChI=1S/C10H20N2O2/c1-4-11-6-9(8-14-3)12(5-2)10(13)7-11/h9H,4-8H2,1-3H3. The lowest BCUT2D eigenvalue weighted by Gasteiger charge is -2.39. The second-order valence-corrected chi connectivity index (χ2v) is 3.62. The van der Waals surface area contributed by atoms with E-state index in [-0.39, 0.29) is 11.9 Å². The molecule has 0 spiro atoms. The van der Waals surface area contributed by atoms with Gasteiger partial charge in [0.15, 0.2) is 0 Å². The average Bonchev–Trinajstić information content (AvgIpc) is 2.18. The third-order valence-corrected chi connectivity index (χ3v) is 2.74. The molecule has 82 valence electrons. The largest absolute Gasteiger partial charge is 0.382 e. The summed E-state index contributed by atoms with van der Waals surface area (Å²) in [4.78, 5) is 15.8. The van der Waals surface area contributed by atoms with E-state index in [0.717, 1.165) is 19.6 Å². The lowest BCUT2D eigenvalue weighted by Crippen LogP contribution is -2.57. The summed E-state index contributed by atoms with van der Waals surface area (Å²) in [7, 11) is 1.68. The normalized spacial score (nSPS) is 24.4. The van der Waals surface area contributed by atoms with Crippen molar-refractivity contribution in [2.45, 2.75) is 19.9 Å². The minimum Gasteiger partial charge on any atom is -0.382 e. The average molecular weight is 200 g/mol. The number of rotatable bonds is 4. The quantitative estimate of drug-likeness (QED) is 0.649. The van der Waals surface area contributed by atoms with Gasteiger partial charge in [0.25, 0.3) is 0 Å². The first-order valence-corrected chi connectivity index (χ1v) is 5.23. The predicted molar refractivity (Wildman–Crippen MR) is 55.2 cm³/mol. The molecular formula is C10H20N2O2. The Morgan fingerprint density at radius 3 is 2.64 bits per heavy atom. The molecule has 0 saturated carbocycles. The van der Waals surface area contributed by atoms with Crippen LogP contribution in [-0.2, 0) is 9.53 Å². The second-order valence-electron chi connectivity index (χ2n) is 3.62. The number of hydrogen-bond acceptors (Lipinski definition) is 3. The monoisotopic (exact) mass is 200 g/mol. The Kier molecular flexibility index (Phi) is 4.35. The first kappa shape index (κ1) is 11.5. The van der Waals surface area contributed by atoms with E-state index in [1.165, 1.54) is 0 Å². The molecule has 1 saturated heterocycles. The smallest absolute Gasteiger partial charge is 0.237 e. The Bertz CT molecular complexity index is 197. The van der Waals surface area contributed by atoms with Gasteiger partial charge in [-0.15, -0.1) is 0 Å². The van der Waals surface area contributed by atoms with Crippen molar-refractivity contribution in [3.8, 4) is 0 Å². The van der Waals surface area contributed by atoms with Crippen LogP contribution in [0.3, 0.4) is 0 Å². The minimum atomic E-state index is 0.225. The van der Waals surface area contributed by atoms with E-state index in [1.54, 1.807) is 7.11 Å². The molecule has 1 aliphatic rings. The molecular weight excluding hydrogens is 180 g/mol. The van der Waals surface area contributed by atoms with Gasteiger partial charge in [0, 0.05) is 20.2 Å². The first-order chi connectivity index (χ1) is 6.72. The van der Waals surface area contributed by atoms with Crippen LogP contribution in [0.5, 0.6) is 0 Å². The molecule has 0 aromatic heterocycles. The fourth-order valence-electron chi connectivity index (χ4n) is 1.96. The number of methoxy groups -OCH3 is 1. The summed E-state index contributed by atoms with van der Waals surface area (Å²) in [5.74, 6) is 0.225. The number of carbonyl (C=O) groups is 1. The number of nitrogens with zero attached hydrogens (tertiary/aromatic N) is 2. The topological polar surface area (TPSA) is 32.8 Å². The summed E-state index contributed by atoms with van der Waals surface area (Å²) in [6.45, 7) is 7.94. The summed E-state index contributed by atoms with van der Waals surface area (Å²) >= 11 is 0. The molecule has 0 radical (unpaired) electrons. The number of amides is 1. The number of carbonyl (C=O) groups excluding carboxylic acids is 1. The van der Waals surface area contributed by atoms with Crippen molar-refractivity contribution in [1.82, 2.24) is 9.80 Å². The molecule has 0 aromatic rings. The molecule has 1 fully saturated rings. The van der Waals surface area contributed by atoms with Gasteiger partial charge in [-0.05, 0) is 13.5 Å². The highest BCUT2D eigenvalue weighted by atomic mass is 16.5. The van der Waals surface area contributed by atoms with Crippen molar-refractivity contribution < 1.29 is 9.53 Å². The minimum absolute atomic E-state index is 0.225. The third kappa shape index (κ3) is 2.45. The molecule has 1 aliphatic heterocycles. The molecule has 0 bridgehead atoms. The Morgan fingerprint density at radius 1 is 1.43 bits per heavy atom. The fraction of sp³-hybridized carbons (Fsp3) is 0.900. The van der Waals surface area contributed by atoms with Gasteiger partial charge in [-0.3, -0.25) is 9.69 Å². The van der Waals surface area contributed by atoms with Crippen molar-refractivity contribution in [2.75, 3.05) is 39.9 Å². The van der Waals surface area contributed by atoms with Gasteiger partial charge >= 0.3 is 0 Å². The Balaban J connectivity index is 2.61. The SMILES string of the molecule is CCN1CC(=O)N(CC)C(COC)C1. The molecule has 0 aliphatic carbocycles. The van der Waals surface area contributed by atoms with E-state index < -0.39 is 0 Å². The van der Waals surface area contributed by atoms with Crippen LogP contribution in [-0.4, -0.2) is 61.6 Å². The van der Waals surface area contributed by atoms with Gasteiger partial charge in [0.1, 0.15) is 0 Å². The summed E-state index contributed by atoms with van der Waals surface area (Å²) in [5.41, 5.74) is 0. The summed E-state index contributed by atoms with van der Waals surface area (Å²) in [6, 6.07) is 0.228. The van der Waals surface area contributed by atoms with E-state index >= 15 is 0 Å². The summed E-state index contributed by atoms with van der Waals surface area (Å²) in [6.07, 6.45) is 0. The maximum Gasteiger partial charge on any atom is 0.237 e. The molecule has 0 aromatic carbocycles. The van der Waals surface area contributed by atoms with Crippen LogP contribution in [0.2, 0.25) is 0 Å². The molecule has 1 heterocycles. The van der Waals surface area contributed by atoms with E-state index in [1.807, 2.05) is 11.8 Å². The molecule has 4 nitrogen and oxygen atoms in total. The van der Waals surface area contributed by atoms with Crippen molar-refractivity contribution in [3.05, 3.63) is 0 Å². The van der Waals surface area contributed by atoms with Crippen LogP contribution in [0.25, 0.3) is 0 Å². The van der Waals surface area contributed by atoms with Crippen LogP contribution in [0.4, 0.5) is 0 Å². The molecule has 1 rings (SSSR count). The van der Waals surface area contributed by atoms with Gasteiger partial charge in [0.05, 0.1) is 19.2 Å². The maximum atomic E-state index is 11.7. The summed E-state index contributed by atoms with van der Waals surface area (Å²) in [5, 5.41) is 0. The van der Waals surface area contributed by atoms with Crippen LogP contribution in [0.15, 0.2) is 0 Å². The number of likely N-dealkylation sites (N-methyl/N-ethyl adjacent to an activating group) is 2. The molecule has 4 heteroatoms. The van der Waals surface area contributed by atoms with Crippen molar-refractivity contribution in [2.24, 2.45) is 0 Å². The van der Waals surface area contributed by atoms with Crippen molar-refractivity contribution in [3.63, 3.8) is 0 Å². The van der Waals surface area contributed by atoms with Crippen LogP contribution < -0.4 is 0 Å². The lowest BCUT2D eigenvalue weighted by molar-refractivity contribution is -0.141. The fourth-order valence-corrected chi connectivity index (χ4v) is 1.96. The Morgan fingerprint density at radius 2 is 2.14 bits per heavy atom. The number of piperazine rings is 1. The van der Waals surface area contributed by atoms with E-state index in [4.69, 9.17) is 4.74 Å². The summed E-state index contributed by atoms with van der Waals surface area (Å²) < 4.78 is 5.13. The van der Waals surface area contributed by atoms with Gasteiger partial charge in [-0.2, -0.15) is 0 Å². The van der Waals surface area contributed by atoms with Gasteiger partial charge in [-0.1, -0.05) is 6.92 Å². The molecule has 1 unspecified atom stereocenters. The zero-order valence-electron chi connectivity index (χ0n) is 9.32. The highest BCUT2D eigenvalue weighted by Crippen LogP contribution is 2.10. The van der Waals surface area contributed by atoms with Crippen LogP contribution in [0.1, 0.15) is 13.8 Å². The molecule has 14 heavy (non-hydrogen) atoms. The van der Waals surface area contributed by atoms with E-state index in [9.17, 15) is 4.79 Å². The van der Waals surface area contributed by atoms with E-state index in [2.05, 4.69) is 11.8 Å². The van der Waals surface area contributed by atoms with Crippen LogP contribution in [0, 0.1) is 0 Å². The maximum absolute atomic E-state index is 11.7. The molecule has 1 amide bonds. The van der Waals surface area contributed by atoms with E-state index in [0.29, 0.717) is 13.2 Å². The lowest BCUT2D eigenvalue weighted by atomic mass is 10.1. The number of ether oxygens (including phenoxy) is 1. The predicted octanol–water partition coefficient (Wildman–Crippen LogP) is 0.185. The molecule has 1 atom stereocenters. The van der Waals surface area contributed by atoms with Gasteiger partial charge < -0.3 is 9.64 Å². The van der Waals surface area contributed by atoms with Gasteiger partial charge in [-0.25, -0.2) is 0 Å². The zero-order chi connectivity index (χ0) is 10.6. The Labute approximate surface area is 85.8 Å². The number of hydrogen-bond donors (Lipinski definition) is 0. The second kappa shape index (κ2) is 5.32. The highest BCUT2D eigenvalue weighted by Gasteiger charge is 2.30. The third-order valence-electron chi connectivity index (χ3n) is 2.74. The van der Waals surface area contributed by atoms with Crippen molar-refractivity contribution in [1.29, 1.82) is 0 Å². The highest BCUT2D eigenvalue weighted by molar-refractivity contribution is 5.79.